The zero-order chi connectivity index (χ0) is 7.82. The molecule has 0 aromatic heterocycles. The van der Waals surface area contributed by atoms with Crippen LogP contribution in [-0.2, 0) is 4.79 Å². The van der Waals surface area contributed by atoms with Gasteiger partial charge in [-0.15, -0.1) is 6.58 Å². The van der Waals surface area contributed by atoms with Crippen molar-refractivity contribution in [1.29, 1.82) is 0 Å². The molecule has 0 aromatic rings. The molecule has 1 nitrogen and oxygen atoms in total. The number of unbranched alkanes of at least 4 members (excludes halogenated alkanes) is 2. The molecule has 0 radical (unpaired) electrons. The van der Waals surface area contributed by atoms with Crippen LogP contribution in [0.1, 0.15) is 39.0 Å². The van der Waals surface area contributed by atoms with Crippen molar-refractivity contribution in [1.82, 2.24) is 0 Å². The topological polar surface area (TPSA) is 17.1 Å². The van der Waals surface area contributed by atoms with Crippen LogP contribution in [0.3, 0.4) is 0 Å². The summed E-state index contributed by atoms with van der Waals surface area (Å²) in [6, 6.07) is 0. The molecule has 0 heterocycles. The fourth-order valence-electron chi connectivity index (χ4n) is 0.788. The molecule has 0 amide bonds. The van der Waals surface area contributed by atoms with E-state index in [0.29, 0.717) is 12.2 Å². The van der Waals surface area contributed by atoms with E-state index in [2.05, 4.69) is 6.58 Å². The highest BCUT2D eigenvalue weighted by Gasteiger charge is 1.95. The zero-order valence-corrected chi connectivity index (χ0v) is 6.73. The maximum absolute atomic E-state index is 10.7. The minimum absolute atomic E-state index is 0.379. The third-order valence-electron chi connectivity index (χ3n) is 1.51. The predicted molar refractivity (Wildman–Crippen MR) is 44.0 cm³/mol. The summed E-state index contributed by atoms with van der Waals surface area (Å²) in [6.45, 7) is 5.53. The summed E-state index contributed by atoms with van der Waals surface area (Å²) in [4.78, 5) is 10.7. The number of hydrogen-bond acceptors (Lipinski definition) is 1. The van der Waals surface area contributed by atoms with Crippen LogP contribution in [-0.4, -0.2) is 5.78 Å². The van der Waals surface area contributed by atoms with Gasteiger partial charge in [-0.2, -0.15) is 0 Å². The van der Waals surface area contributed by atoms with Crippen LogP contribution in [0.4, 0.5) is 0 Å². The average molecular weight is 140 g/mol. The molecule has 0 aliphatic rings. The van der Waals surface area contributed by atoms with Crippen LogP contribution >= 0.6 is 0 Å². The normalized spacial score (nSPS) is 9.30. The first-order chi connectivity index (χ1) is 4.81. The van der Waals surface area contributed by atoms with Crippen molar-refractivity contribution in [2.45, 2.75) is 39.0 Å². The number of allylic oxidation sites excluding steroid dienone is 1. The molecule has 0 fully saturated rings. The molecular weight excluding hydrogens is 124 g/mol. The first kappa shape index (κ1) is 9.41. The number of carbonyl (C=O) groups is 1. The Labute approximate surface area is 63.1 Å². The van der Waals surface area contributed by atoms with E-state index in [1.54, 1.807) is 0 Å². The van der Waals surface area contributed by atoms with Gasteiger partial charge in [0.1, 0.15) is 5.78 Å². The van der Waals surface area contributed by atoms with E-state index in [-0.39, 0.29) is 0 Å². The lowest BCUT2D eigenvalue weighted by Gasteiger charge is -1.94. The van der Waals surface area contributed by atoms with Crippen LogP contribution in [0.15, 0.2) is 12.7 Å². The molecule has 0 aliphatic heterocycles. The van der Waals surface area contributed by atoms with E-state index in [1.165, 1.54) is 0 Å². The molecule has 10 heavy (non-hydrogen) atoms. The van der Waals surface area contributed by atoms with Gasteiger partial charge in [0.05, 0.1) is 0 Å². The summed E-state index contributed by atoms with van der Waals surface area (Å²) in [6.07, 6.45) is 6.51. The van der Waals surface area contributed by atoms with Crippen molar-refractivity contribution in [2.24, 2.45) is 0 Å². The van der Waals surface area contributed by atoms with Crippen LogP contribution < -0.4 is 0 Å². The Kier molecular flexibility index (Phi) is 6.14. The quantitative estimate of drug-likeness (QED) is 0.409. The molecule has 0 aromatic carbocycles. The first-order valence-electron chi connectivity index (χ1n) is 3.93. The molecule has 0 bridgehead atoms. The van der Waals surface area contributed by atoms with Gasteiger partial charge in [0, 0.05) is 12.8 Å². The van der Waals surface area contributed by atoms with Crippen molar-refractivity contribution >= 4 is 5.78 Å². The summed E-state index contributed by atoms with van der Waals surface area (Å²) < 4.78 is 0. The van der Waals surface area contributed by atoms with Gasteiger partial charge in [-0.3, -0.25) is 4.79 Å². The van der Waals surface area contributed by atoms with E-state index < -0.39 is 0 Å². The molecule has 0 atom stereocenters. The van der Waals surface area contributed by atoms with E-state index in [1.807, 2.05) is 13.0 Å². The largest absolute Gasteiger partial charge is 0.300 e. The smallest absolute Gasteiger partial charge is 0.132 e. The molecule has 0 unspecified atom stereocenters. The summed E-state index contributed by atoms with van der Waals surface area (Å²) in [5, 5.41) is 0. The Morgan fingerprint density at radius 1 is 1.50 bits per heavy atom. The van der Waals surface area contributed by atoms with E-state index >= 15 is 0 Å². The number of carbonyl (C=O) groups excluding carboxylic acids is 1. The Bertz CT molecular complexity index is 105. The summed E-state index contributed by atoms with van der Waals surface area (Å²) in [5.74, 6) is 0.379. The maximum Gasteiger partial charge on any atom is 0.132 e. The average Bonchev–Trinajstić information content (AvgIpc) is 1.98. The Balaban J connectivity index is 3.03. The molecule has 0 N–H and O–H groups in total. The van der Waals surface area contributed by atoms with E-state index in [4.69, 9.17) is 0 Å². The van der Waals surface area contributed by atoms with Gasteiger partial charge in [0.15, 0.2) is 0 Å². The van der Waals surface area contributed by atoms with Crippen LogP contribution in [0.25, 0.3) is 0 Å². The third kappa shape index (κ3) is 5.54. The zero-order valence-electron chi connectivity index (χ0n) is 6.73. The van der Waals surface area contributed by atoms with Gasteiger partial charge in [-0.05, 0) is 19.3 Å². The Hall–Kier alpha value is -0.590. The first-order valence-corrected chi connectivity index (χ1v) is 3.93. The summed E-state index contributed by atoms with van der Waals surface area (Å²) in [5.41, 5.74) is 0. The summed E-state index contributed by atoms with van der Waals surface area (Å²) >= 11 is 0. The molecule has 58 valence electrons. The minimum Gasteiger partial charge on any atom is -0.300 e. The lowest BCUT2D eigenvalue weighted by molar-refractivity contribution is -0.118. The third-order valence-corrected chi connectivity index (χ3v) is 1.51. The van der Waals surface area contributed by atoms with E-state index in [0.717, 1.165) is 25.7 Å². The molecular formula is C9H16O. The Morgan fingerprint density at radius 2 is 2.20 bits per heavy atom. The SMILES string of the molecule is C=CCCCCC(=O)CC. The van der Waals surface area contributed by atoms with Crippen LogP contribution in [0, 0.1) is 0 Å². The van der Waals surface area contributed by atoms with Crippen molar-refractivity contribution in [3.05, 3.63) is 12.7 Å². The second kappa shape index (κ2) is 6.53. The molecule has 0 rings (SSSR count). The van der Waals surface area contributed by atoms with Gasteiger partial charge in [0.25, 0.3) is 0 Å². The number of hydrogen-bond donors (Lipinski definition) is 0. The van der Waals surface area contributed by atoms with Gasteiger partial charge in [-0.25, -0.2) is 0 Å². The number of ketones is 1. The molecule has 0 saturated carbocycles. The summed E-state index contributed by atoms with van der Waals surface area (Å²) in [7, 11) is 0. The fourth-order valence-corrected chi connectivity index (χ4v) is 0.788. The predicted octanol–water partition coefficient (Wildman–Crippen LogP) is 2.71. The lowest BCUT2D eigenvalue weighted by atomic mass is 10.1. The van der Waals surface area contributed by atoms with Crippen LogP contribution in [0.2, 0.25) is 0 Å². The molecule has 0 aliphatic carbocycles. The van der Waals surface area contributed by atoms with Crippen molar-refractivity contribution in [3.8, 4) is 0 Å². The highest BCUT2D eigenvalue weighted by molar-refractivity contribution is 5.77. The standard InChI is InChI=1S/C9H16O/c1-3-5-6-7-8-9(10)4-2/h3H,1,4-8H2,2H3. The maximum atomic E-state index is 10.7. The monoisotopic (exact) mass is 140 g/mol. The molecule has 1 heteroatoms. The van der Waals surface area contributed by atoms with E-state index in [9.17, 15) is 4.79 Å². The van der Waals surface area contributed by atoms with Gasteiger partial charge < -0.3 is 0 Å². The lowest BCUT2D eigenvalue weighted by Crippen LogP contribution is -1.93. The minimum atomic E-state index is 0.379. The Morgan fingerprint density at radius 3 is 2.70 bits per heavy atom. The molecule has 0 spiro atoms. The second-order valence-corrected chi connectivity index (χ2v) is 2.43. The van der Waals surface area contributed by atoms with Crippen molar-refractivity contribution < 1.29 is 4.79 Å². The highest BCUT2D eigenvalue weighted by atomic mass is 16.1. The number of Topliss-reactive ketones (excluding diaryl/α,β-unsaturated/α-hetero) is 1. The van der Waals surface area contributed by atoms with Gasteiger partial charge in [-0.1, -0.05) is 13.0 Å². The van der Waals surface area contributed by atoms with Gasteiger partial charge in [0.2, 0.25) is 0 Å². The van der Waals surface area contributed by atoms with Crippen LogP contribution in [0.5, 0.6) is 0 Å². The van der Waals surface area contributed by atoms with Crippen molar-refractivity contribution in [3.63, 3.8) is 0 Å². The fraction of sp³-hybridized carbons (Fsp3) is 0.667. The second-order valence-electron chi connectivity index (χ2n) is 2.43. The highest BCUT2D eigenvalue weighted by Crippen LogP contribution is 2.01. The molecule has 0 saturated heterocycles. The van der Waals surface area contributed by atoms with Gasteiger partial charge >= 0.3 is 0 Å². The van der Waals surface area contributed by atoms with Crippen molar-refractivity contribution in [2.75, 3.05) is 0 Å². The number of rotatable bonds is 6.